The van der Waals surface area contributed by atoms with Crippen molar-refractivity contribution in [3.63, 3.8) is 0 Å². The Hall–Kier alpha value is -1.09. The van der Waals surface area contributed by atoms with Crippen LogP contribution < -0.4 is 5.32 Å². The maximum Gasteiger partial charge on any atom is 0.0528 e. The number of nitrogens with zero attached hydrogens (tertiary/aromatic N) is 2. The lowest BCUT2D eigenvalue weighted by Gasteiger charge is -2.37. The summed E-state index contributed by atoms with van der Waals surface area (Å²) in [5.74, 6) is 0.703. The molecule has 1 aromatic rings. The molecule has 2 unspecified atom stereocenters. The number of aromatic nitrogens is 1. The van der Waals surface area contributed by atoms with E-state index in [-0.39, 0.29) is 0 Å². The van der Waals surface area contributed by atoms with Gasteiger partial charge in [-0.15, -0.1) is 0 Å². The van der Waals surface area contributed by atoms with Crippen LogP contribution in [0.1, 0.15) is 20.3 Å². The molecule has 0 radical (unpaired) electrons. The Labute approximate surface area is 97.9 Å². The van der Waals surface area contributed by atoms with Crippen LogP contribution in [0.5, 0.6) is 0 Å². The van der Waals surface area contributed by atoms with Crippen LogP contribution in [-0.4, -0.2) is 35.6 Å². The third kappa shape index (κ3) is 2.73. The van der Waals surface area contributed by atoms with Gasteiger partial charge in [-0.3, -0.25) is 4.98 Å². The van der Waals surface area contributed by atoms with Gasteiger partial charge < -0.3 is 10.2 Å². The minimum absolute atomic E-state index is 0.590. The molecule has 16 heavy (non-hydrogen) atoms. The van der Waals surface area contributed by atoms with Crippen molar-refractivity contribution < 1.29 is 0 Å². The fraction of sp³-hybridized carbons (Fsp3) is 0.615. The van der Waals surface area contributed by atoms with Crippen molar-refractivity contribution in [1.82, 2.24) is 9.88 Å². The van der Waals surface area contributed by atoms with E-state index < -0.39 is 0 Å². The first-order valence-corrected chi connectivity index (χ1v) is 6.18. The minimum atomic E-state index is 0.590. The van der Waals surface area contributed by atoms with Gasteiger partial charge in [0.2, 0.25) is 0 Å². The van der Waals surface area contributed by atoms with Gasteiger partial charge in [-0.1, -0.05) is 13.8 Å². The molecule has 1 N–H and O–H groups in total. The summed E-state index contributed by atoms with van der Waals surface area (Å²) >= 11 is 0. The fourth-order valence-electron chi connectivity index (χ4n) is 2.40. The predicted octanol–water partition coefficient (Wildman–Crippen LogP) is 2.22. The Morgan fingerprint density at radius 2 is 2.44 bits per heavy atom. The molecule has 0 bridgehead atoms. The molecule has 88 valence electrons. The highest BCUT2D eigenvalue weighted by Gasteiger charge is 2.24. The Balaban J connectivity index is 1.92. The number of pyridine rings is 1. The summed E-state index contributed by atoms with van der Waals surface area (Å²) < 4.78 is 0. The van der Waals surface area contributed by atoms with Gasteiger partial charge in [-0.2, -0.15) is 0 Å². The van der Waals surface area contributed by atoms with Crippen LogP contribution in [0.4, 0.5) is 5.69 Å². The summed E-state index contributed by atoms with van der Waals surface area (Å²) in [5, 5.41) is 3.59. The molecule has 0 amide bonds. The summed E-state index contributed by atoms with van der Waals surface area (Å²) in [6.07, 6.45) is 4.94. The van der Waals surface area contributed by atoms with Crippen molar-refractivity contribution in [3.05, 3.63) is 24.5 Å². The quantitative estimate of drug-likeness (QED) is 0.845. The molecule has 0 aliphatic carbocycles. The molecule has 3 heteroatoms. The summed E-state index contributed by atoms with van der Waals surface area (Å²) in [6.45, 7) is 8.15. The summed E-state index contributed by atoms with van der Waals surface area (Å²) in [4.78, 5) is 6.65. The standard InChI is InChI=1S/C13H21N3/c1-3-16-8-6-13(11(2)10-16)15-12-5-4-7-14-9-12/h4-5,7,9,11,13,15H,3,6,8,10H2,1-2H3. The topological polar surface area (TPSA) is 28.2 Å². The molecule has 2 atom stereocenters. The van der Waals surface area contributed by atoms with Gasteiger partial charge in [-0.05, 0) is 31.0 Å². The Bertz CT molecular complexity index is 312. The Morgan fingerprint density at radius 1 is 1.56 bits per heavy atom. The second-order valence-corrected chi connectivity index (χ2v) is 4.65. The van der Waals surface area contributed by atoms with Gasteiger partial charge in [0.1, 0.15) is 0 Å². The zero-order chi connectivity index (χ0) is 11.4. The zero-order valence-electron chi connectivity index (χ0n) is 10.2. The molecule has 1 aliphatic heterocycles. The monoisotopic (exact) mass is 219 g/mol. The van der Waals surface area contributed by atoms with Crippen LogP contribution in [0.25, 0.3) is 0 Å². The third-order valence-electron chi connectivity index (χ3n) is 3.45. The number of hydrogen-bond acceptors (Lipinski definition) is 3. The van der Waals surface area contributed by atoms with Gasteiger partial charge >= 0.3 is 0 Å². The van der Waals surface area contributed by atoms with E-state index in [0.29, 0.717) is 12.0 Å². The van der Waals surface area contributed by atoms with Crippen molar-refractivity contribution >= 4 is 5.69 Å². The maximum atomic E-state index is 4.13. The lowest BCUT2D eigenvalue weighted by Crippen LogP contribution is -2.45. The predicted molar refractivity (Wildman–Crippen MR) is 67.5 cm³/mol. The summed E-state index contributed by atoms with van der Waals surface area (Å²) in [7, 11) is 0. The molecule has 2 heterocycles. The number of nitrogens with one attached hydrogen (secondary N) is 1. The molecule has 1 aliphatic rings. The normalized spacial score (nSPS) is 26.6. The second kappa shape index (κ2) is 5.30. The van der Waals surface area contributed by atoms with Gasteiger partial charge in [-0.25, -0.2) is 0 Å². The Kier molecular flexibility index (Phi) is 3.78. The van der Waals surface area contributed by atoms with Crippen LogP contribution in [0.2, 0.25) is 0 Å². The van der Waals surface area contributed by atoms with E-state index in [1.807, 2.05) is 18.5 Å². The molecule has 3 nitrogen and oxygen atoms in total. The summed E-state index contributed by atoms with van der Waals surface area (Å²) in [5.41, 5.74) is 1.14. The van der Waals surface area contributed by atoms with Crippen LogP contribution in [-0.2, 0) is 0 Å². The molecule has 1 saturated heterocycles. The average molecular weight is 219 g/mol. The number of rotatable bonds is 3. The van der Waals surface area contributed by atoms with E-state index in [9.17, 15) is 0 Å². The molecule has 2 rings (SSSR count). The van der Waals surface area contributed by atoms with Crippen LogP contribution in [0, 0.1) is 5.92 Å². The van der Waals surface area contributed by atoms with Gasteiger partial charge in [0, 0.05) is 31.5 Å². The van der Waals surface area contributed by atoms with E-state index in [0.717, 1.165) is 5.69 Å². The molecule has 0 saturated carbocycles. The van der Waals surface area contributed by atoms with Crippen molar-refractivity contribution in [3.8, 4) is 0 Å². The highest BCUT2D eigenvalue weighted by atomic mass is 15.1. The van der Waals surface area contributed by atoms with Gasteiger partial charge in [0.15, 0.2) is 0 Å². The van der Waals surface area contributed by atoms with E-state index in [1.165, 1.54) is 26.1 Å². The molecular formula is C13H21N3. The van der Waals surface area contributed by atoms with Crippen molar-refractivity contribution in [2.45, 2.75) is 26.3 Å². The molecule has 1 fully saturated rings. The number of anilines is 1. The highest BCUT2D eigenvalue weighted by Crippen LogP contribution is 2.20. The highest BCUT2D eigenvalue weighted by molar-refractivity contribution is 5.41. The SMILES string of the molecule is CCN1CCC(Nc2cccnc2)C(C)C1. The molecular weight excluding hydrogens is 198 g/mol. The lowest BCUT2D eigenvalue weighted by molar-refractivity contribution is 0.179. The molecule has 1 aromatic heterocycles. The maximum absolute atomic E-state index is 4.13. The Morgan fingerprint density at radius 3 is 3.06 bits per heavy atom. The third-order valence-corrected chi connectivity index (χ3v) is 3.45. The molecule has 0 aromatic carbocycles. The van der Waals surface area contributed by atoms with Crippen molar-refractivity contribution in [1.29, 1.82) is 0 Å². The number of hydrogen-bond donors (Lipinski definition) is 1. The first-order valence-electron chi connectivity index (χ1n) is 6.18. The van der Waals surface area contributed by atoms with E-state index in [1.54, 1.807) is 0 Å². The fourth-order valence-corrected chi connectivity index (χ4v) is 2.40. The van der Waals surface area contributed by atoms with E-state index >= 15 is 0 Å². The molecule has 0 spiro atoms. The van der Waals surface area contributed by atoms with Crippen molar-refractivity contribution in [2.75, 3.05) is 25.0 Å². The number of piperidine rings is 1. The first kappa shape index (κ1) is 11.4. The zero-order valence-corrected chi connectivity index (χ0v) is 10.2. The lowest BCUT2D eigenvalue weighted by atomic mass is 9.93. The van der Waals surface area contributed by atoms with Gasteiger partial charge in [0.05, 0.1) is 5.69 Å². The first-order chi connectivity index (χ1) is 7.79. The average Bonchev–Trinajstić information content (AvgIpc) is 2.33. The summed E-state index contributed by atoms with van der Waals surface area (Å²) in [6, 6.07) is 4.66. The van der Waals surface area contributed by atoms with Crippen LogP contribution in [0.15, 0.2) is 24.5 Å². The van der Waals surface area contributed by atoms with Crippen molar-refractivity contribution in [2.24, 2.45) is 5.92 Å². The second-order valence-electron chi connectivity index (χ2n) is 4.65. The minimum Gasteiger partial charge on any atom is -0.381 e. The smallest absolute Gasteiger partial charge is 0.0528 e. The van der Waals surface area contributed by atoms with E-state index in [4.69, 9.17) is 0 Å². The largest absolute Gasteiger partial charge is 0.381 e. The number of likely N-dealkylation sites (tertiary alicyclic amines) is 1. The van der Waals surface area contributed by atoms with Gasteiger partial charge in [0.25, 0.3) is 0 Å². The van der Waals surface area contributed by atoms with Crippen LogP contribution >= 0.6 is 0 Å². The van der Waals surface area contributed by atoms with E-state index in [2.05, 4.69) is 35.1 Å². The van der Waals surface area contributed by atoms with Crippen LogP contribution in [0.3, 0.4) is 0 Å².